The molecule has 0 aromatic heterocycles. The quantitative estimate of drug-likeness (QED) is 0.800. The van der Waals surface area contributed by atoms with Crippen molar-refractivity contribution < 1.29 is 22.7 Å². The van der Waals surface area contributed by atoms with Crippen LogP contribution in [-0.4, -0.2) is 37.9 Å². The molecule has 0 bridgehead atoms. The molecule has 0 aliphatic carbocycles. The fourth-order valence-corrected chi connectivity index (χ4v) is 4.34. The van der Waals surface area contributed by atoms with Gasteiger partial charge in [-0.3, -0.25) is 9.59 Å². The summed E-state index contributed by atoms with van der Waals surface area (Å²) >= 11 is 0. The molecule has 2 atom stereocenters. The van der Waals surface area contributed by atoms with E-state index in [1.54, 1.807) is 18.2 Å². The van der Waals surface area contributed by atoms with Crippen LogP contribution in [0.15, 0.2) is 24.3 Å². The lowest BCUT2D eigenvalue weighted by atomic mass is 10.1. The van der Waals surface area contributed by atoms with E-state index in [9.17, 15) is 18.0 Å². The van der Waals surface area contributed by atoms with E-state index < -0.39 is 27.8 Å². The molecule has 7 nitrogen and oxygen atoms in total. The third-order valence-electron chi connectivity index (χ3n) is 3.72. The summed E-state index contributed by atoms with van der Waals surface area (Å²) in [5.41, 5.74) is 0.837. The van der Waals surface area contributed by atoms with Gasteiger partial charge < -0.3 is 10.1 Å². The van der Waals surface area contributed by atoms with Crippen LogP contribution >= 0.6 is 0 Å². The van der Waals surface area contributed by atoms with Crippen LogP contribution in [0, 0.1) is 17.2 Å². The van der Waals surface area contributed by atoms with E-state index in [1.165, 1.54) is 13.0 Å². The summed E-state index contributed by atoms with van der Waals surface area (Å²) in [5.74, 6) is -1.27. The van der Waals surface area contributed by atoms with Crippen LogP contribution in [0.1, 0.15) is 25.3 Å². The summed E-state index contributed by atoms with van der Waals surface area (Å²) in [5, 5.41) is 11.4. The van der Waals surface area contributed by atoms with E-state index in [-0.39, 0.29) is 23.8 Å². The van der Waals surface area contributed by atoms with Crippen molar-refractivity contribution in [3.63, 3.8) is 0 Å². The number of anilines is 1. The molecule has 1 aromatic carbocycles. The molecular weight excluding hydrogens is 332 g/mol. The zero-order valence-corrected chi connectivity index (χ0v) is 14.0. The van der Waals surface area contributed by atoms with Gasteiger partial charge in [-0.2, -0.15) is 5.26 Å². The van der Waals surface area contributed by atoms with Crippen LogP contribution in [-0.2, 0) is 24.2 Å². The summed E-state index contributed by atoms with van der Waals surface area (Å²) in [6, 6.07) is 8.33. The van der Waals surface area contributed by atoms with Crippen molar-refractivity contribution >= 4 is 27.4 Å². The Hall–Kier alpha value is -2.40. The van der Waals surface area contributed by atoms with Crippen LogP contribution in [0.3, 0.4) is 0 Å². The van der Waals surface area contributed by atoms with Crippen molar-refractivity contribution in [2.75, 3.05) is 16.8 Å². The number of rotatable bonds is 5. The second kappa shape index (κ2) is 7.45. The van der Waals surface area contributed by atoms with E-state index in [0.29, 0.717) is 17.7 Å². The Morgan fingerprint density at radius 3 is 2.83 bits per heavy atom. The molecule has 2 rings (SSSR count). The number of esters is 1. The third-order valence-corrected chi connectivity index (χ3v) is 5.56. The maximum atomic E-state index is 12.0. The molecule has 1 amide bonds. The highest BCUT2D eigenvalue weighted by atomic mass is 32.2. The molecule has 1 fully saturated rings. The largest absolute Gasteiger partial charge is 0.453 e. The lowest BCUT2D eigenvalue weighted by Gasteiger charge is -2.15. The number of sulfone groups is 1. The number of carbonyl (C=O) groups excluding carboxylic acids is 2. The number of hydrogen-bond donors (Lipinski definition) is 1. The normalized spacial score (nSPS) is 19.9. The molecule has 0 saturated carbocycles. The number of ether oxygens (including phenoxy) is 1. The number of amides is 1. The van der Waals surface area contributed by atoms with Crippen LogP contribution in [0.5, 0.6) is 0 Å². The molecule has 0 spiro atoms. The number of nitriles is 1. The van der Waals surface area contributed by atoms with Gasteiger partial charge in [0.05, 0.1) is 23.1 Å². The maximum Gasteiger partial charge on any atom is 0.306 e. The second-order valence-corrected chi connectivity index (χ2v) is 8.02. The van der Waals surface area contributed by atoms with Gasteiger partial charge >= 0.3 is 5.97 Å². The van der Waals surface area contributed by atoms with Crippen molar-refractivity contribution in [3.05, 3.63) is 29.8 Å². The van der Waals surface area contributed by atoms with Crippen molar-refractivity contribution in [1.29, 1.82) is 5.26 Å². The first-order valence-electron chi connectivity index (χ1n) is 7.50. The summed E-state index contributed by atoms with van der Waals surface area (Å²) in [6.45, 7) is 1.44. The average Bonchev–Trinajstić information content (AvgIpc) is 2.85. The third kappa shape index (κ3) is 5.06. The molecule has 1 aliphatic heterocycles. The Bertz CT molecular complexity index is 782. The Labute approximate surface area is 140 Å². The zero-order chi connectivity index (χ0) is 17.7. The van der Waals surface area contributed by atoms with Crippen molar-refractivity contribution in [2.45, 2.75) is 25.9 Å². The standard InChI is InChI=1S/C16H18N2O5S/c1-11(16(20)18-14-4-2-3-12(7-14)9-17)23-15(19)8-13-5-6-24(21,22)10-13/h2-4,7,11,13H,5-6,8,10H2,1H3,(H,18,20)/t11-,13+/m0/s1. The van der Waals surface area contributed by atoms with Gasteiger partial charge in [0.2, 0.25) is 0 Å². The van der Waals surface area contributed by atoms with Gasteiger partial charge in [-0.15, -0.1) is 0 Å². The molecule has 1 saturated heterocycles. The van der Waals surface area contributed by atoms with Gasteiger partial charge in [-0.1, -0.05) is 6.07 Å². The topological polar surface area (TPSA) is 113 Å². The average molecular weight is 350 g/mol. The fourth-order valence-electron chi connectivity index (χ4n) is 2.48. The first kappa shape index (κ1) is 17.9. The molecule has 8 heteroatoms. The number of carbonyl (C=O) groups is 2. The van der Waals surface area contributed by atoms with E-state index in [0.717, 1.165) is 0 Å². The molecule has 24 heavy (non-hydrogen) atoms. The Morgan fingerprint density at radius 2 is 2.21 bits per heavy atom. The molecule has 0 radical (unpaired) electrons. The van der Waals surface area contributed by atoms with Crippen molar-refractivity contribution in [3.8, 4) is 6.07 Å². The summed E-state index contributed by atoms with van der Waals surface area (Å²) in [6.07, 6.45) is -0.582. The zero-order valence-electron chi connectivity index (χ0n) is 13.2. The minimum atomic E-state index is -3.05. The Morgan fingerprint density at radius 1 is 1.46 bits per heavy atom. The summed E-state index contributed by atoms with van der Waals surface area (Å²) < 4.78 is 27.8. The highest BCUT2D eigenvalue weighted by Crippen LogP contribution is 2.22. The highest BCUT2D eigenvalue weighted by molar-refractivity contribution is 7.91. The first-order chi connectivity index (χ1) is 11.3. The maximum absolute atomic E-state index is 12.0. The summed E-state index contributed by atoms with van der Waals surface area (Å²) in [4.78, 5) is 23.9. The van der Waals surface area contributed by atoms with E-state index in [1.807, 2.05) is 6.07 Å². The fraction of sp³-hybridized carbons (Fsp3) is 0.438. The van der Waals surface area contributed by atoms with E-state index in [2.05, 4.69) is 5.32 Å². The van der Waals surface area contributed by atoms with Gasteiger partial charge in [0.1, 0.15) is 0 Å². The SMILES string of the molecule is C[C@H](OC(=O)C[C@H]1CCS(=O)(=O)C1)C(=O)Nc1cccc(C#N)c1. The monoisotopic (exact) mass is 350 g/mol. The van der Waals surface area contributed by atoms with E-state index >= 15 is 0 Å². The Kier molecular flexibility index (Phi) is 5.57. The van der Waals surface area contributed by atoms with Crippen LogP contribution in [0.4, 0.5) is 5.69 Å². The highest BCUT2D eigenvalue weighted by Gasteiger charge is 2.30. The van der Waals surface area contributed by atoms with Crippen LogP contribution in [0.2, 0.25) is 0 Å². The van der Waals surface area contributed by atoms with Gasteiger partial charge in [0.15, 0.2) is 15.9 Å². The number of benzene rings is 1. The molecular formula is C16H18N2O5S. The lowest BCUT2D eigenvalue weighted by Crippen LogP contribution is -2.30. The molecule has 1 N–H and O–H groups in total. The van der Waals surface area contributed by atoms with Crippen molar-refractivity contribution in [2.24, 2.45) is 5.92 Å². The minimum absolute atomic E-state index is 0.0103. The number of nitrogens with zero attached hydrogens (tertiary/aromatic N) is 1. The number of hydrogen-bond acceptors (Lipinski definition) is 6. The molecule has 1 aromatic rings. The molecule has 1 aliphatic rings. The van der Waals surface area contributed by atoms with Crippen LogP contribution in [0.25, 0.3) is 0 Å². The van der Waals surface area contributed by atoms with Gasteiger partial charge in [-0.25, -0.2) is 8.42 Å². The van der Waals surface area contributed by atoms with Gasteiger partial charge in [-0.05, 0) is 37.5 Å². The molecule has 128 valence electrons. The smallest absolute Gasteiger partial charge is 0.306 e. The molecule has 0 unspecified atom stereocenters. The van der Waals surface area contributed by atoms with Crippen molar-refractivity contribution in [1.82, 2.24) is 0 Å². The van der Waals surface area contributed by atoms with E-state index in [4.69, 9.17) is 10.00 Å². The predicted octanol–water partition coefficient (Wildman–Crippen LogP) is 1.25. The minimum Gasteiger partial charge on any atom is -0.453 e. The van der Waals surface area contributed by atoms with Gasteiger partial charge in [0, 0.05) is 12.1 Å². The first-order valence-corrected chi connectivity index (χ1v) is 9.32. The van der Waals surface area contributed by atoms with Crippen LogP contribution < -0.4 is 5.32 Å². The predicted molar refractivity (Wildman–Crippen MR) is 86.7 cm³/mol. The van der Waals surface area contributed by atoms with Gasteiger partial charge in [0.25, 0.3) is 5.91 Å². The molecule has 1 heterocycles. The lowest BCUT2D eigenvalue weighted by molar-refractivity contribution is -0.153. The number of nitrogens with one attached hydrogen (secondary N) is 1. The summed E-state index contributed by atoms with van der Waals surface area (Å²) in [7, 11) is -3.05. The second-order valence-electron chi connectivity index (χ2n) is 5.79. The Balaban J connectivity index is 1.85.